The van der Waals surface area contributed by atoms with E-state index in [2.05, 4.69) is 0 Å². The molecule has 0 amide bonds. The molecule has 2 aliphatic rings. The van der Waals surface area contributed by atoms with Crippen LogP contribution < -0.4 is 5.73 Å². The number of rotatable bonds is 1. The van der Waals surface area contributed by atoms with Gasteiger partial charge in [0.2, 0.25) is 6.29 Å². The Morgan fingerprint density at radius 3 is 2.69 bits per heavy atom. The van der Waals surface area contributed by atoms with Gasteiger partial charge in [0.1, 0.15) is 18.3 Å². The first-order valence-electron chi connectivity index (χ1n) is 4.51. The van der Waals surface area contributed by atoms with Gasteiger partial charge in [0.25, 0.3) is 0 Å². The fourth-order valence-corrected chi connectivity index (χ4v) is 1.81. The van der Waals surface area contributed by atoms with Gasteiger partial charge in [-0.15, -0.1) is 0 Å². The lowest BCUT2D eigenvalue weighted by Crippen LogP contribution is -2.40. The van der Waals surface area contributed by atoms with E-state index in [-0.39, 0.29) is 24.0 Å². The molecule has 0 aromatic carbocycles. The smallest absolute Gasteiger partial charge is 0.242 e. The summed E-state index contributed by atoms with van der Waals surface area (Å²) in [5.74, 6) is 0.407. The topological polar surface area (TPSA) is 61.6 Å². The minimum atomic E-state index is -0.327. The van der Waals surface area contributed by atoms with E-state index in [0.717, 1.165) is 6.42 Å². The lowest BCUT2D eigenvalue weighted by molar-refractivity contribution is -0.127. The zero-order chi connectivity index (χ0) is 9.26. The SMILES string of the molecule is NC1CC(C2OC=CO2)CCC1=O. The highest BCUT2D eigenvalue weighted by molar-refractivity contribution is 5.84. The number of nitrogens with two attached hydrogens (primary N) is 1. The molecule has 2 unspecified atom stereocenters. The van der Waals surface area contributed by atoms with Crippen LogP contribution in [-0.2, 0) is 14.3 Å². The minimum absolute atomic E-state index is 0.155. The van der Waals surface area contributed by atoms with Crippen LogP contribution in [0.4, 0.5) is 0 Å². The van der Waals surface area contributed by atoms with Crippen LogP contribution >= 0.6 is 0 Å². The number of Topliss-reactive ketones (excluding diaryl/α,β-unsaturated/α-hetero) is 1. The third-order valence-electron chi connectivity index (χ3n) is 2.60. The van der Waals surface area contributed by atoms with Gasteiger partial charge in [-0.1, -0.05) is 0 Å². The van der Waals surface area contributed by atoms with Crippen LogP contribution in [0.5, 0.6) is 0 Å². The van der Waals surface area contributed by atoms with E-state index in [1.54, 1.807) is 0 Å². The van der Waals surface area contributed by atoms with Gasteiger partial charge in [0.15, 0.2) is 0 Å². The first kappa shape index (κ1) is 8.56. The zero-order valence-electron chi connectivity index (χ0n) is 7.31. The van der Waals surface area contributed by atoms with E-state index in [0.29, 0.717) is 12.8 Å². The van der Waals surface area contributed by atoms with Crippen LogP contribution in [0, 0.1) is 5.92 Å². The van der Waals surface area contributed by atoms with Crippen LogP contribution in [-0.4, -0.2) is 18.1 Å². The van der Waals surface area contributed by atoms with Gasteiger partial charge in [0.05, 0.1) is 6.04 Å². The van der Waals surface area contributed by atoms with Crippen LogP contribution in [0.1, 0.15) is 19.3 Å². The predicted octanol–water partition coefficient (Wildman–Crippen LogP) is 0.527. The number of hydrogen-bond acceptors (Lipinski definition) is 4. The average molecular weight is 183 g/mol. The van der Waals surface area contributed by atoms with Crippen LogP contribution in [0.3, 0.4) is 0 Å². The Kier molecular flexibility index (Phi) is 2.22. The van der Waals surface area contributed by atoms with Gasteiger partial charge < -0.3 is 15.2 Å². The lowest BCUT2D eigenvalue weighted by atomic mass is 9.85. The van der Waals surface area contributed by atoms with Crippen LogP contribution in [0.2, 0.25) is 0 Å². The molecular weight excluding hydrogens is 170 g/mol. The Balaban J connectivity index is 1.91. The lowest BCUT2D eigenvalue weighted by Gasteiger charge is -2.28. The van der Waals surface area contributed by atoms with E-state index in [9.17, 15) is 4.79 Å². The number of carbonyl (C=O) groups excluding carboxylic acids is 1. The van der Waals surface area contributed by atoms with Crippen molar-refractivity contribution >= 4 is 5.78 Å². The molecule has 0 spiro atoms. The molecule has 0 aromatic heterocycles. The molecule has 4 heteroatoms. The molecule has 1 fully saturated rings. The zero-order valence-corrected chi connectivity index (χ0v) is 7.31. The second-order valence-electron chi connectivity index (χ2n) is 3.52. The molecular formula is C9H13NO3. The maximum absolute atomic E-state index is 11.1. The van der Waals surface area contributed by atoms with Crippen molar-refractivity contribution in [1.29, 1.82) is 0 Å². The van der Waals surface area contributed by atoms with E-state index in [1.807, 2.05) is 0 Å². The third-order valence-corrected chi connectivity index (χ3v) is 2.60. The van der Waals surface area contributed by atoms with Crippen molar-refractivity contribution in [3.63, 3.8) is 0 Å². The predicted molar refractivity (Wildman–Crippen MR) is 45.4 cm³/mol. The Morgan fingerprint density at radius 1 is 1.38 bits per heavy atom. The van der Waals surface area contributed by atoms with Crippen molar-refractivity contribution in [1.82, 2.24) is 0 Å². The quantitative estimate of drug-likeness (QED) is 0.644. The van der Waals surface area contributed by atoms with E-state index < -0.39 is 0 Å². The first-order chi connectivity index (χ1) is 6.27. The maximum atomic E-state index is 11.1. The monoisotopic (exact) mass is 183 g/mol. The van der Waals surface area contributed by atoms with E-state index in [1.165, 1.54) is 12.5 Å². The molecule has 13 heavy (non-hydrogen) atoms. The Labute approximate surface area is 76.7 Å². The van der Waals surface area contributed by atoms with Crippen molar-refractivity contribution in [3.8, 4) is 0 Å². The molecule has 2 rings (SSSR count). The van der Waals surface area contributed by atoms with Gasteiger partial charge in [0, 0.05) is 12.3 Å². The van der Waals surface area contributed by atoms with Gasteiger partial charge in [-0.25, -0.2) is 0 Å². The summed E-state index contributed by atoms with van der Waals surface area (Å²) in [6, 6.07) is -0.327. The molecule has 72 valence electrons. The highest BCUT2D eigenvalue weighted by atomic mass is 16.7. The van der Waals surface area contributed by atoms with Gasteiger partial charge in [-0.3, -0.25) is 4.79 Å². The summed E-state index contributed by atoms with van der Waals surface area (Å²) >= 11 is 0. The van der Waals surface area contributed by atoms with Gasteiger partial charge in [-0.05, 0) is 12.8 Å². The maximum Gasteiger partial charge on any atom is 0.242 e. The molecule has 1 aliphatic heterocycles. The van der Waals surface area contributed by atoms with E-state index >= 15 is 0 Å². The molecule has 1 saturated carbocycles. The molecule has 2 N–H and O–H groups in total. The number of ketones is 1. The van der Waals surface area contributed by atoms with Crippen molar-refractivity contribution in [2.45, 2.75) is 31.6 Å². The molecule has 2 atom stereocenters. The Bertz CT molecular complexity index is 231. The minimum Gasteiger partial charge on any atom is -0.459 e. The molecule has 0 radical (unpaired) electrons. The number of hydrogen-bond donors (Lipinski definition) is 1. The summed E-state index contributed by atoms with van der Waals surface area (Å²) < 4.78 is 10.4. The van der Waals surface area contributed by atoms with Crippen LogP contribution in [0.25, 0.3) is 0 Å². The fourth-order valence-electron chi connectivity index (χ4n) is 1.81. The summed E-state index contributed by atoms with van der Waals surface area (Å²) in [7, 11) is 0. The van der Waals surface area contributed by atoms with Gasteiger partial charge in [-0.2, -0.15) is 0 Å². The molecule has 1 aliphatic carbocycles. The number of carbonyl (C=O) groups is 1. The van der Waals surface area contributed by atoms with Crippen molar-refractivity contribution < 1.29 is 14.3 Å². The summed E-state index contributed by atoms with van der Waals surface area (Å²) in [5.41, 5.74) is 5.66. The van der Waals surface area contributed by atoms with Crippen LogP contribution in [0.15, 0.2) is 12.5 Å². The Hall–Kier alpha value is -1.03. The third kappa shape index (κ3) is 1.67. The van der Waals surface area contributed by atoms with Crippen molar-refractivity contribution in [3.05, 3.63) is 12.5 Å². The standard InChI is InChI=1S/C9H13NO3/c10-7-5-6(1-2-8(7)11)9-12-3-4-13-9/h3-4,6-7,9H,1-2,5,10H2. The number of ether oxygens (including phenoxy) is 2. The van der Waals surface area contributed by atoms with Crippen molar-refractivity contribution in [2.24, 2.45) is 11.7 Å². The van der Waals surface area contributed by atoms with Crippen molar-refractivity contribution in [2.75, 3.05) is 0 Å². The largest absolute Gasteiger partial charge is 0.459 e. The summed E-state index contributed by atoms with van der Waals surface area (Å²) in [4.78, 5) is 11.1. The second-order valence-corrected chi connectivity index (χ2v) is 3.52. The highest BCUT2D eigenvalue weighted by Gasteiger charge is 2.33. The van der Waals surface area contributed by atoms with E-state index in [4.69, 9.17) is 15.2 Å². The molecule has 0 bridgehead atoms. The molecule has 0 saturated heterocycles. The average Bonchev–Trinajstić information content (AvgIpc) is 2.62. The second kappa shape index (κ2) is 3.38. The van der Waals surface area contributed by atoms with Gasteiger partial charge >= 0.3 is 0 Å². The summed E-state index contributed by atoms with van der Waals surface area (Å²) in [5, 5.41) is 0. The summed E-state index contributed by atoms with van der Waals surface area (Å²) in [6.45, 7) is 0. The Morgan fingerprint density at radius 2 is 2.08 bits per heavy atom. The molecule has 4 nitrogen and oxygen atoms in total. The highest BCUT2D eigenvalue weighted by Crippen LogP contribution is 2.28. The fraction of sp³-hybridized carbons (Fsp3) is 0.667. The first-order valence-corrected chi connectivity index (χ1v) is 4.51. The molecule has 1 heterocycles. The normalized spacial score (nSPS) is 34.4. The summed E-state index contributed by atoms with van der Waals surface area (Å²) in [6.07, 6.45) is 4.89. The molecule has 0 aromatic rings.